The normalized spacial score (nSPS) is 10.7. The van der Waals surface area contributed by atoms with Gasteiger partial charge >= 0.3 is 0 Å². The highest BCUT2D eigenvalue weighted by Crippen LogP contribution is 2.19. The minimum absolute atomic E-state index is 0.0381. The highest BCUT2D eigenvalue weighted by Gasteiger charge is 2.11. The molecule has 2 N–H and O–H groups in total. The fraction of sp³-hybridized carbons (Fsp3) is 0.250. The highest BCUT2D eigenvalue weighted by molar-refractivity contribution is 7.71. The number of nitrogens with one attached hydrogen (secondary N) is 2. The van der Waals surface area contributed by atoms with Gasteiger partial charge in [-0.2, -0.15) is 5.10 Å². The van der Waals surface area contributed by atoms with Crippen LogP contribution in [0.3, 0.4) is 0 Å². The predicted molar refractivity (Wildman–Crippen MR) is 107 cm³/mol. The van der Waals surface area contributed by atoms with Gasteiger partial charge < -0.3 is 5.32 Å². The third-order valence-electron chi connectivity index (χ3n) is 4.30. The summed E-state index contributed by atoms with van der Waals surface area (Å²) in [5.41, 5.74) is 4.15. The number of nitrogens with zero attached hydrogens (tertiary/aromatic N) is 2. The van der Waals surface area contributed by atoms with Gasteiger partial charge in [-0.3, -0.25) is 14.5 Å². The second-order valence-electron chi connectivity index (χ2n) is 6.18. The van der Waals surface area contributed by atoms with Crippen LogP contribution in [0.2, 0.25) is 0 Å². The Morgan fingerprint density at radius 2 is 1.92 bits per heavy atom. The second-order valence-corrected chi connectivity index (χ2v) is 6.57. The molecule has 0 unspecified atom stereocenters. The van der Waals surface area contributed by atoms with Crippen LogP contribution in [0, 0.1) is 11.7 Å². The van der Waals surface area contributed by atoms with E-state index in [-0.39, 0.29) is 5.91 Å². The number of carbonyl (C=O) groups excluding carboxylic acids is 1. The number of amides is 1. The molecule has 1 heterocycles. The lowest BCUT2D eigenvalue weighted by Gasteiger charge is -2.11. The van der Waals surface area contributed by atoms with Crippen LogP contribution in [-0.4, -0.2) is 20.7 Å². The van der Waals surface area contributed by atoms with E-state index in [1.54, 1.807) is 0 Å². The van der Waals surface area contributed by atoms with Gasteiger partial charge in [-0.1, -0.05) is 55.0 Å². The number of para-hydroxylation sites is 1. The number of benzene rings is 2. The Morgan fingerprint density at radius 1 is 1.19 bits per heavy atom. The number of anilines is 1. The van der Waals surface area contributed by atoms with Crippen LogP contribution in [-0.2, 0) is 17.8 Å². The maximum atomic E-state index is 12.4. The van der Waals surface area contributed by atoms with Crippen molar-refractivity contribution < 1.29 is 4.79 Å². The third-order valence-corrected chi connectivity index (χ3v) is 4.61. The molecule has 0 radical (unpaired) electrons. The molecule has 0 aliphatic rings. The third kappa shape index (κ3) is 4.08. The molecule has 0 spiro atoms. The number of aromatic amines is 1. The first-order chi connectivity index (χ1) is 12.6. The lowest BCUT2D eigenvalue weighted by molar-refractivity contribution is -0.116. The molecule has 3 aromatic rings. The number of H-pyrrole nitrogens is 1. The van der Waals surface area contributed by atoms with Crippen LogP contribution >= 0.6 is 12.2 Å². The molecule has 1 amide bonds. The summed E-state index contributed by atoms with van der Waals surface area (Å²) in [5, 5.41) is 10.1. The smallest absolute Gasteiger partial charge is 0.226 e. The van der Waals surface area contributed by atoms with Gasteiger partial charge in [0.15, 0.2) is 10.6 Å². The Bertz CT molecular complexity index is 956. The van der Waals surface area contributed by atoms with Crippen molar-refractivity contribution in [2.45, 2.75) is 33.2 Å². The maximum absolute atomic E-state index is 12.4. The van der Waals surface area contributed by atoms with Crippen molar-refractivity contribution >= 4 is 23.8 Å². The van der Waals surface area contributed by atoms with Gasteiger partial charge in [-0.05, 0) is 37.2 Å². The zero-order valence-electron chi connectivity index (χ0n) is 15.0. The molecule has 0 aliphatic carbocycles. The van der Waals surface area contributed by atoms with E-state index in [1.165, 1.54) is 5.56 Å². The van der Waals surface area contributed by atoms with E-state index in [4.69, 9.17) is 12.2 Å². The van der Waals surface area contributed by atoms with Gasteiger partial charge in [0.2, 0.25) is 5.91 Å². The van der Waals surface area contributed by atoms with Crippen molar-refractivity contribution in [1.82, 2.24) is 14.8 Å². The standard InChI is InChI=1S/C20H22N4OS/c1-3-15-6-4-5-7-17(15)21-18(25)12-13-24-19(22-23-20(24)26)16-10-8-14(2)9-11-16/h4-11H,3,12-13H2,1-2H3,(H,21,25)(H,23,26). The predicted octanol–water partition coefficient (Wildman–Crippen LogP) is 4.51. The van der Waals surface area contributed by atoms with Crippen molar-refractivity contribution in [3.63, 3.8) is 0 Å². The molecule has 0 atom stereocenters. The Balaban J connectivity index is 1.72. The van der Waals surface area contributed by atoms with Crippen molar-refractivity contribution in [2.24, 2.45) is 0 Å². The van der Waals surface area contributed by atoms with Crippen LogP contribution in [0.15, 0.2) is 48.5 Å². The first-order valence-electron chi connectivity index (χ1n) is 8.68. The van der Waals surface area contributed by atoms with Crippen molar-refractivity contribution in [3.8, 4) is 11.4 Å². The first kappa shape index (κ1) is 18.1. The van der Waals surface area contributed by atoms with Gasteiger partial charge in [0, 0.05) is 24.2 Å². The molecule has 6 heteroatoms. The summed E-state index contributed by atoms with van der Waals surface area (Å²) >= 11 is 5.33. The summed E-state index contributed by atoms with van der Waals surface area (Å²) < 4.78 is 2.38. The lowest BCUT2D eigenvalue weighted by Crippen LogP contribution is -2.16. The molecule has 0 fully saturated rings. The summed E-state index contributed by atoms with van der Waals surface area (Å²) in [5.74, 6) is 0.709. The average Bonchev–Trinajstić information content (AvgIpc) is 3.01. The largest absolute Gasteiger partial charge is 0.326 e. The van der Waals surface area contributed by atoms with Gasteiger partial charge in [0.05, 0.1) is 0 Å². The summed E-state index contributed by atoms with van der Waals surface area (Å²) in [7, 11) is 0. The van der Waals surface area contributed by atoms with Gasteiger partial charge in [-0.15, -0.1) is 0 Å². The van der Waals surface area contributed by atoms with E-state index in [1.807, 2.05) is 60.0 Å². The minimum Gasteiger partial charge on any atom is -0.326 e. The van der Waals surface area contributed by atoms with Crippen molar-refractivity contribution in [1.29, 1.82) is 0 Å². The van der Waals surface area contributed by atoms with E-state index in [0.29, 0.717) is 17.7 Å². The van der Waals surface area contributed by atoms with Crippen LogP contribution in [0.5, 0.6) is 0 Å². The number of carbonyl (C=O) groups is 1. The Morgan fingerprint density at radius 3 is 2.65 bits per heavy atom. The highest BCUT2D eigenvalue weighted by atomic mass is 32.1. The number of aromatic nitrogens is 3. The topological polar surface area (TPSA) is 62.7 Å². The van der Waals surface area contributed by atoms with E-state index >= 15 is 0 Å². The molecule has 134 valence electrons. The summed E-state index contributed by atoms with van der Waals surface area (Å²) in [4.78, 5) is 12.4. The van der Waals surface area contributed by atoms with Gasteiger partial charge in [-0.25, -0.2) is 0 Å². The van der Waals surface area contributed by atoms with Gasteiger partial charge in [0.25, 0.3) is 0 Å². The van der Waals surface area contributed by atoms with Crippen LogP contribution in [0.1, 0.15) is 24.5 Å². The van der Waals surface area contributed by atoms with Crippen LogP contribution in [0.25, 0.3) is 11.4 Å². The summed E-state index contributed by atoms with van der Waals surface area (Å²) in [6.45, 7) is 4.58. The Labute approximate surface area is 158 Å². The molecule has 1 aromatic heterocycles. The number of aryl methyl sites for hydroxylation is 2. The number of hydrogen-bond donors (Lipinski definition) is 2. The summed E-state index contributed by atoms with van der Waals surface area (Å²) in [6, 6.07) is 15.9. The molecule has 2 aromatic carbocycles. The van der Waals surface area contributed by atoms with E-state index < -0.39 is 0 Å². The molecule has 0 aliphatic heterocycles. The summed E-state index contributed by atoms with van der Waals surface area (Å²) in [6.07, 6.45) is 1.20. The lowest BCUT2D eigenvalue weighted by atomic mass is 10.1. The minimum atomic E-state index is -0.0381. The number of rotatable bonds is 6. The molecular weight excluding hydrogens is 344 g/mol. The molecule has 26 heavy (non-hydrogen) atoms. The molecule has 0 bridgehead atoms. The van der Waals surface area contributed by atoms with Crippen molar-refractivity contribution in [3.05, 3.63) is 64.4 Å². The average molecular weight is 366 g/mol. The SMILES string of the molecule is CCc1ccccc1NC(=O)CCn1c(-c2ccc(C)cc2)n[nH]c1=S. The van der Waals surface area contributed by atoms with Crippen LogP contribution in [0.4, 0.5) is 5.69 Å². The van der Waals surface area contributed by atoms with Gasteiger partial charge in [0.1, 0.15) is 0 Å². The molecular formula is C20H22N4OS. The van der Waals surface area contributed by atoms with Crippen LogP contribution < -0.4 is 5.32 Å². The fourth-order valence-electron chi connectivity index (χ4n) is 2.82. The maximum Gasteiger partial charge on any atom is 0.226 e. The first-order valence-corrected chi connectivity index (χ1v) is 9.09. The number of hydrogen-bond acceptors (Lipinski definition) is 3. The van der Waals surface area contributed by atoms with E-state index in [2.05, 4.69) is 22.4 Å². The Kier molecular flexibility index (Phi) is 5.63. The van der Waals surface area contributed by atoms with E-state index in [9.17, 15) is 4.79 Å². The fourth-order valence-corrected chi connectivity index (χ4v) is 3.05. The molecule has 5 nitrogen and oxygen atoms in total. The Hall–Kier alpha value is -2.73. The zero-order chi connectivity index (χ0) is 18.5. The second kappa shape index (κ2) is 8.10. The quantitative estimate of drug-likeness (QED) is 0.631. The molecule has 3 rings (SSSR count). The zero-order valence-corrected chi connectivity index (χ0v) is 15.8. The monoisotopic (exact) mass is 366 g/mol. The van der Waals surface area contributed by atoms with E-state index in [0.717, 1.165) is 29.1 Å². The van der Waals surface area contributed by atoms with Crippen molar-refractivity contribution in [2.75, 3.05) is 5.32 Å². The molecule has 0 saturated carbocycles. The molecule has 0 saturated heterocycles.